The summed E-state index contributed by atoms with van der Waals surface area (Å²) in [5.74, 6) is 2.15. The minimum atomic E-state index is -0.0948. The van der Waals surface area contributed by atoms with Crippen molar-refractivity contribution in [3.63, 3.8) is 0 Å². The smallest absolute Gasteiger partial charge is 0.282 e. The Kier molecular flexibility index (Phi) is 5.83. The normalized spacial score (nSPS) is 26.3. The molecule has 1 aliphatic rings. The highest BCUT2D eigenvalue weighted by Gasteiger charge is 2.32. The lowest BCUT2D eigenvalue weighted by atomic mass is 9.78. The van der Waals surface area contributed by atoms with Crippen molar-refractivity contribution >= 4 is 11.6 Å². The van der Waals surface area contributed by atoms with Gasteiger partial charge in [-0.15, -0.1) is 0 Å². The predicted octanol–water partition coefficient (Wildman–Crippen LogP) is 2.41. The number of anilines is 1. The Balaban J connectivity index is 1.94. The maximum atomic E-state index is 12.4. The zero-order valence-electron chi connectivity index (χ0n) is 14.1. The van der Waals surface area contributed by atoms with E-state index in [-0.39, 0.29) is 11.9 Å². The number of hydrogen-bond acceptors (Lipinski definition) is 2. The SMILES string of the molecule is COc1ccccc1NC(=O)[C@H](C)[NH2+][C@H]1CCC[C@H](C)[C@H]1C. The van der Waals surface area contributed by atoms with Crippen molar-refractivity contribution in [2.24, 2.45) is 11.8 Å². The molecule has 0 aromatic heterocycles. The van der Waals surface area contributed by atoms with Gasteiger partial charge in [-0.3, -0.25) is 4.79 Å². The van der Waals surface area contributed by atoms with E-state index in [1.165, 1.54) is 19.3 Å². The van der Waals surface area contributed by atoms with Gasteiger partial charge in [-0.05, 0) is 44.2 Å². The molecular formula is C18H29N2O2+. The van der Waals surface area contributed by atoms with Gasteiger partial charge >= 0.3 is 0 Å². The first-order chi connectivity index (χ1) is 10.5. The van der Waals surface area contributed by atoms with Crippen LogP contribution in [0.2, 0.25) is 0 Å². The Bertz CT molecular complexity index is 504. The summed E-state index contributed by atoms with van der Waals surface area (Å²) in [5.41, 5.74) is 0.736. The second-order valence-corrected chi connectivity index (χ2v) is 6.60. The van der Waals surface area contributed by atoms with E-state index < -0.39 is 0 Å². The molecule has 0 radical (unpaired) electrons. The fourth-order valence-corrected chi connectivity index (χ4v) is 3.35. The molecule has 122 valence electrons. The third-order valence-corrected chi connectivity index (χ3v) is 5.08. The molecule has 2 rings (SSSR count). The van der Waals surface area contributed by atoms with Gasteiger partial charge in [-0.2, -0.15) is 0 Å². The van der Waals surface area contributed by atoms with Crippen LogP contribution in [0, 0.1) is 11.8 Å². The van der Waals surface area contributed by atoms with Crippen LogP contribution in [0.1, 0.15) is 40.0 Å². The average Bonchev–Trinajstić information content (AvgIpc) is 2.52. The highest BCUT2D eigenvalue weighted by atomic mass is 16.5. The number of nitrogens with two attached hydrogens (primary N) is 1. The largest absolute Gasteiger partial charge is 0.495 e. The van der Waals surface area contributed by atoms with Gasteiger partial charge in [-0.25, -0.2) is 0 Å². The van der Waals surface area contributed by atoms with Crippen molar-refractivity contribution in [1.82, 2.24) is 0 Å². The summed E-state index contributed by atoms with van der Waals surface area (Å²) in [7, 11) is 1.62. The highest BCUT2D eigenvalue weighted by Crippen LogP contribution is 2.27. The standard InChI is InChI=1S/C18H28N2O2/c1-12-8-7-10-15(13(12)2)19-14(3)18(21)20-16-9-5-6-11-17(16)22-4/h5-6,9,11-15,19H,7-8,10H2,1-4H3,(H,20,21)/p+1/t12-,13+,14-,15-/m0/s1. The van der Waals surface area contributed by atoms with E-state index in [1.54, 1.807) is 7.11 Å². The molecule has 22 heavy (non-hydrogen) atoms. The van der Waals surface area contributed by atoms with Crippen molar-refractivity contribution in [2.45, 2.75) is 52.1 Å². The Morgan fingerprint density at radius 2 is 2.05 bits per heavy atom. The molecule has 1 aromatic carbocycles. The number of carbonyl (C=O) groups excluding carboxylic acids is 1. The summed E-state index contributed by atoms with van der Waals surface area (Å²) in [6.45, 7) is 6.62. The van der Waals surface area contributed by atoms with Crippen molar-refractivity contribution in [3.05, 3.63) is 24.3 Å². The number of carbonyl (C=O) groups is 1. The summed E-state index contributed by atoms with van der Waals surface area (Å²) >= 11 is 0. The maximum Gasteiger partial charge on any atom is 0.282 e. The fraction of sp³-hybridized carbons (Fsp3) is 0.611. The maximum absolute atomic E-state index is 12.4. The van der Waals surface area contributed by atoms with Crippen molar-refractivity contribution in [2.75, 3.05) is 12.4 Å². The number of benzene rings is 1. The zero-order valence-corrected chi connectivity index (χ0v) is 14.1. The molecule has 3 N–H and O–H groups in total. The second kappa shape index (κ2) is 7.63. The molecule has 0 bridgehead atoms. The third kappa shape index (κ3) is 4.01. The van der Waals surface area contributed by atoms with Gasteiger partial charge in [0.25, 0.3) is 5.91 Å². The number of amides is 1. The molecule has 1 fully saturated rings. The van der Waals surface area contributed by atoms with E-state index in [0.717, 1.165) is 11.6 Å². The Morgan fingerprint density at radius 1 is 1.32 bits per heavy atom. The Morgan fingerprint density at radius 3 is 2.77 bits per heavy atom. The number of ether oxygens (including phenoxy) is 1. The molecule has 4 nitrogen and oxygen atoms in total. The molecule has 0 heterocycles. The summed E-state index contributed by atoms with van der Waals surface area (Å²) < 4.78 is 5.28. The summed E-state index contributed by atoms with van der Waals surface area (Å²) in [6, 6.07) is 7.97. The number of quaternary nitrogens is 1. The molecule has 1 amide bonds. The topological polar surface area (TPSA) is 54.9 Å². The van der Waals surface area contributed by atoms with Gasteiger partial charge in [-0.1, -0.05) is 26.0 Å². The van der Waals surface area contributed by atoms with Crippen molar-refractivity contribution in [1.29, 1.82) is 0 Å². The fourth-order valence-electron chi connectivity index (χ4n) is 3.35. The Hall–Kier alpha value is -1.55. The van der Waals surface area contributed by atoms with E-state index in [9.17, 15) is 4.79 Å². The van der Waals surface area contributed by atoms with Gasteiger partial charge in [0.2, 0.25) is 0 Å². The number of para-hydroxylation sites is 2. The molecule has 0 unspecified atom stereocenters. The first-order valence-corrected chi connectivity index (χ1v) is 8.31. The summed E-state index contributed by atoms with van der Waals surface area (Å²) in [6.07, 6.45) is 3.79. The lowest BCUT2D eigenvalue weighted by molar-refractivity contribution is -0.715. The number of hydrogen-bond donors (Lipinski definition) is 2. The second-order valence-electron chi connectivity index (χ2n) is 6.60. The number of methoxy groups -OCH3 is 1. The molecular weight excluding hydrogens is 276 g/mol. The third-order valence-electron chi connectivity index (χ3n) is 5.08. The average molecular weight is 305 g/mol. The first kappa shape index (κ1) is 16.8. The van der Waals surface area contributed by atoms with Crippen molar-refractivity contribution < 1.29 is 14.8 Å². The molecule has 0 spiro atoms. The number of rotatable bonds is 5. The lowest BCUT2D eigenvalue weighted by Crippen LogP contribution is -2.97. The minimum Gasteiger partial charge on any atom is -0.495 e. The van der Waals surface area contributed by atoms with Crippen LogP contribution in [0.5, 0.6) is 5.75 Å². The van der Waals surface area contributed by atoms with Crippen LogP contribution < -0.4 is 15.4 Å². The van der Waals surface area contributed by atoms with Gasteiger partial charge < -0.3 is 15.4 Å². The monoisotopic (exact) mass is 305 g/mol. The van der Waals surface area contributed by atoms with Gasteiger partial charge in [0, 0.05) is 5.92 Å². The molecule has 1 aromatic rings. The van der Waals surface area contributed by atoms with Crippen LogP contribution in [0.25, 0.3) is 0 Å². The van der Waals surface area contributed by atoms with Gasteiger partial charge in [0.1, 0.15) is 5.75 Å². The Labute approximate surface area is 133 Å². The van der Waals surface area contributed by atoms with E-state index in [1.807, 2.05) is 31.2 Å². The van der Waals surface area contributed by atoms with E-state index >= 15 is 0 Å². The van der Waals surface area contributed by atoms with Crippen LogP contribution in [0.3, 0.4) is 0 Å². The summed E-state index contributed by atoms with van der Waals surface area (Å²) in [5, 5.41) is 5.22. The highest BCUT2D eigenvalue weighted by molar-refractivity contribution is 5.94. The number of nitrogens with one attached hydrogen (secondary N) is 1. The van der Waals surface area contributed by atoms with E-state index in [2.05, 4.69) is 24.5 Å². The van der Waals surface area contributed by atoms with E-state index in [0.29, 0.717) is 17.7 Å². The zero-order chi connectivity index (χ0) is 16.1. The first-order valence-electron chi connectivity index (χ1n) is 8.31. The van der Waals surface area contributed by atoms with Crippen LogP contribution in [0.4, 0.5) is 5.69 Å². The van der Waals surface area contributed by atoms with E-state index in [4.69, 9.17) is 4.74 Å². The molecule has 1 saturated carbocycles. The van der Waals surface area contributed by atoms with Crippen LogP contribution in [-0.4, -0.2) is 25.1 Å². The van der Waals surface area contributed by atoms with Crippen LogP contribution >= 0.6 is 0 Å². The molecule has 4 heteroatoms. The summed E-state index contributed by atoms with van der Waals surface area (Å²) in [4.78, 5) is 12.4. The minimum absolute atomic E-state index is 0.0370. The van der Waals surface area contributed by atoms with Gasteiger partial charge in [0.05, 0.1) is 18.8 Å². The van der Waals surface area contributed by atoms with Gasteiger partial charge in [0.15, 0.2) is 6.04 Å². The molecule has 0 saturated heterocycles. The molecule has 1 aliphatic carbocycles. The lowest BCUT2D eigenvalue weighted by Gasteiger charge is -2.33. The van der Waals surface area contributed by atoms with Crippen LogP contribution in [0.15, 0.2) is 24.3 Å². The predicted molar refractivity (Wildman–Crippen MR) is 89.0 cm³/mol. The molecule has 0 aliphatic heterocycles. The van der Waals surface area contributed by atoms with Crippen molar-refractivity contribution in [3.8, 4) is 5.75 Å². The van der Waals surface area contributed by atoms with Crippen LogP contribution in [-0.2, 0) is 4.79 Å². The quantitative estimate of drug-likeness (QED) is 0.878. The molecule has 4 atom stereocenters.